The Morgan fingerprint density at radius 1 is 0.414 bits per heavy atom. The Balaban J connectivity index is 0.000000164. The van der Waals surface area contributed by atoms with Gasteiger partial charge in [-0.15, -0.1) is 0 Å². The Morgan fingerprint density at radius 3 is 1.16 bits per heavy atom. The Kier molecular flexibility index (Phi) is 30.9. The molecule has 10 aromatic carbocycles. The van der Waals surface area contributed by atoms with E-state index in [4.69, 9.17) is 51.1 Å². The molecule has 0 bridgehead atoms. The summed E-state index contributed by atoms with van der Waals surface area (Å²) in [6, 6.07) is 64.4. The van der Waals surface area contributed by atoms with Gasteiger partial charge in [-0.05, 0) is 155 Å². The van der Waals surface area contributed by atoms with E-state index < -0.39 is 98.5 Å². The lowest BCUT2D eigenvalue weighted by Gasteiger charge is -2.29. The lowest BCUT2D eigenvalue weighted by Crippen LogP contribution is -3.00. The zero-order valence-corrected chi connectivity index (χ0v) is 66.0. The van der Waals surface area contributed by atoms with Crippen LogP contribution in [-0.2, 0) is 17.8 Å². The van der Waals surface area contributed by atoms with Gasteiger partial charge >= 0.3 is 6.09 Å². The molecular weight excluding hydrogens is 1650 g/mol. The third-order valence-corrected chi connectivity index (χ3v) is 19.5. The van der Waals surface area contributed by atoms with Crippen molar-refractivity contribution >= 4 is 110 Å². The summed E-state index contributed by atoms with van der Waals surface area (Å²) >= 11 is 25.4. The molecule has 0 fully saturated rings. The van der Waals surface area contributed by atoms with Crippen molar-refractivity contribution in [2.75, 3.05) is 54.1 Å². The first-order chi connectivity index (χ1) is 55.5. The third kappa shape index (κ3) is 23.0. The van der Waals surface area contributed by atoms with E-state index in [0.29, 0.717) is 70.5 Å². The molecule has 4 N–H and O–H groups in total. The molecule has 0 atom stereocenters. The van der Waals surface area contributed by atoms with E-state index in [0.717, 1.165) is 124 Å². The summed E-state index contributed by atoms with van der Waals surface area (Å²) in [6.07, 6.45) is 7.97. The van der Waals surface area contributed by atoms with E-state index in [2.05, 4.69) is 55.4 Å². The number of nitrogens with zero attached hydrogens (tertiary/aromatic N) is 4. The van der Waals surface area contributed by atoms with Crippen LogP contribution in [0, 0.1) is 46.5 Å². The van der Waals surface area contributed by atoms with Gasteiger partial charge in [0.15, 0.2) is 18.9 Å². The highest BCUT2D eigenvalue weighted by atomic mass is 79.9. The van der Waals surface area contributed by atoms with E-state index in [1.54, 1.807) is 115 Å². The molecular formula is C89H69BrCl4F8N8O6. The Hall–Kier alpha value is -11.8. The van der Waals surface area contributed by atoms with Crippen molar-refractivity contribution in [3.8, 4) is 22.3 Å². The Labute approximate surface area is 693 Å². The van der Waals surface area contributed by atoms with E-state index in [1.165, 1.54) is 35.4 Å². The summed E-state index contributed by atoms with van der Waals surface area (Å²) in [5.74, 6) is -10.7. The van der Waals surface area contributed by atoms with Crippen LogP contribution in [0.1, 0.15) is 83.5 Å². The monoisotopic (exact) mass is 1720 g/mol. The van der Waals surface area contributed by atoms with Crippen LogP contribution in [0.2, 0.25) is 10.0 Å². The van der Waals surface area contributed by atoms with Gasteiger partial charge in [0.05, 0.1) is 28.8 Å². The number of carbonyl (C=O) groups is 5. The number of anilines is 4. The molecule has 5 amide bonds. The van der Waals surface area contributed by atoms with Crippen LogP contribution in [0.15, 0.2) is 278 Å². The van der Waals surface area contributed by atoms with E-state index in [9.17, 15) is 59.1 Å². The van der Waals surface area contributed by atoms with E-state index >= 15 is 0 Å². The fourth-order valence-corrected chi connectivity index (χ4v) is 13.1. The quantitative estimate of drug-likeness (QED) is 0.0517. The standard InChI is InChI=1S/C25H21ClF2N2O.C25H17ClF2N2O.C21H19ClF2N2O3.C18H11ClF2N2O.BrH/c2*26-21-13-14-30(15-17-5-2-1-3-6-17)16-20(21)18-9-11-19(12-10-18)29-25(31)24-22(27)7-4-8-23(24)28;1-2-29-21(28)26-11-10-16(22)15(12-26)13-6-8-14(9-7-13)25-20(27)19-17(23)4-3-5-18(19)24;19-14-8-9-22-10-13(14)11-4-6-12(7-5-11)23-18(24)17-15(20)2-1-3-16(17)21;/h1-12H,13-16H2,(H,29,31);1-14,16H,15H2;3-9H,2,10-12H2,1H3,(H,25,27);1-10H,(H,23,24);1H. The van der Waals surface area contributed by atoms with Crippen LogP contribution >= 0.6 is 46.4 Å². The average molecular weight is 1720 g/mol. The predicted molar refractivity (Wildman–Crippen MR) is 433 cm³/mol. The molecule has 2 aliphatic rings. The van der Waals surface area contributed by atoms with Gasteiger partial charge in [0.2, 0.25) is 0 Å². The molecule has 2 aliphatic heterocycles. The van der Waals surface area contributed by atoms with Crippen LogP contribution in [0.25, 0.3) is 33.4 Å². The lowest BCUT2D eigenvalue weighted by atomic mass is 10.00. The SMILES string of the molecule is CCOC(=O)N1CCC(Cl)=C(c2ccc(NC(=O)c3c(F)cccc3F)cc2)C1.O=C(Nc1ccc(-c2c[n+](Cc3ccccc3)ccc2Cl)cc1)c1c(F)cccc1F.O=C(Nc1ccc(-c2cnccc2Cl)cc1)c1c(F)cccc1F.O=C(Nc1ccc(C2=C(Cl)CCN(Cc3ccccc3)C2)cc1)c1c(F)cccc1F.[Br-]. The number of carbonyl (C=O) groups excluding carboxylic acids is 5. The normalized spacial score (nSPS) is 12.4. The number of nitrogens with one attached hydrogen (secondary N) is 4. The highest BCUT2D eigenvalue weighted by Crippen LogP contribution is 2.35. The lowest BCUT2D eigenvalue weighted by molar-refractivity contribution is -0.687. The van der Waals surface area contributed by atoms with Crippen molar-refractivity contribution in [3.05, 3.63) is 379 Å². The smallest absolute Gasteiger partial charge is 0.410 e. The first-order valence-corrected chi connectivity index (χ1v) is 37.2. The fraction of sp³-hybridized carbons (Fsp3) is 0.112. The van der Waals surface area contributed by atoms with Crippen molar-refractivity contribution in [2.45, 2.75) is 32.9 Å². The van der Waals surface area contributed by atoms with Crippen LogP contribution in [0.5, 0.6) is 0 Å². The van der Waals surface area contributed by atoms with Crippen molar-refractivity contribution in [1.82, 2.24) is 14.8 Å². The van der Waals surface area contributed by atoms with Gasteiger partial charge in [-0.2, -0.15) is 0 Å². The average Bonchev–Trinajstić information content (AvgIpc) is 0.850. The number of hydrogen-bond donors (Lipinski definition) is 4. The molecule has 27 heteroatoms. The second kappa shape index (κ2) is 41.5. The number of ether oxygens (including phenoxy) is 1. The minimum atomic E-state index is -0.933. The zero-order valence-electron chi connectivity index (χ0n) is 61.4. The molecule has 14 nitrogen and oxygen atoms in total. The summed E-state index contributed by atoms with van der Waals surface area (Å²) in [5, 5.41) is 12.6. The summed E-state index contributed by atoms with van der Waals surface area (Å²) in [7, 11) is 0. The second-order valence-corrected chi connectivity index (χ2v) is 27.5. The highest BCUT2D eigenvalue weighted by Gasteiger charge is 2.27. The number of aromatic nitrogens is 2. The van der Waals surface area contributed by atoms with Crippen LogP contribution < -0.4 is 42.8 Å². The molecule has 0 spiro atoms. The molecule has 0 radical (unpaired) electrons. The number of amides is 5. The van der Waals surface area contributed by atoms with E-state index in [1.807, 2.05) is 71.6 Å². The second-order valence-electron chi connectivity index (χ2n) is 25.8. The number of rotatable bonds is 17. The van der Waals surface area contributed by atoms with Crippen molar-refractivity contribution < 1.29 is 85.4 Å². The summed E-state index contributed by atoms with van der Waals surface area (Å²) in [6.45, 7) is 5.97. The molecule has 0 aliphatic carbocycles. The van der Waals surface area contributed by atoms with Gasteiger partial charge in [-0.1, -0.05) is 180 Å². The number of pyridine rings is 2. The van der Waals surface area contributed by atoms with Crippen molar-refractivity contribution in [3.63, 3.8) is 0 Å². The van der Waals surface area contributed by atoms with Crippen LogP contribution in [0.3, 0.4) is 0 Å². The zero-order chi connectivity index (χ0) is 81.7. The van der Waals surface area contributed by atoms with Gasteiger partial charge in [-0.3, -0.25) is 29.1 Å². The van der Waals surface area contributed by atoms with Gasteiger partial charge in [0.1, 0.15) is 68.8 Å². The molecule has 14 rings (SSSR count). The van der Waals surface area contributed by atoms with Gasteiger partial charge in [0, 0.05) is 95.0 Å². The number of halogens is 13. The molecule has 116 heavy (non-hydrogen) atoms. The van der Waals surface area contributed by atoms with Gasteiger partial charge < -0.3 is 47.9 Å². The molecule has 4 heterocycles. The van der Waals surface area contributed by atoms with Gasteiger partial charge in [0.25, 0.3) is 23.6 Å². The molecule has 12 aromatic rings. The largest absolute Gasteiger partial charge is 1.00 e. The van der Waals surface area contributed by atoms with Crippen LogP contribution in [0.4, 0.5) is 62.7 Å². The maximum Gasteiger partial charge on any atom is 0.410 e. The molecule has 0 saturated heterocycles. The minimum Gasteiger partial charge on any atom is -1.00 e. The molecule has 0 unspecified atom stereocenters. The Morgan fingerprint density at radius 2 is 0.767 bits per heavy atom. The molecule has 2 aromatic heterocycles. The topological polar surface area (TPSA) is 166 Å². The van der Waals surface area contributed by atoms with Crippen LogP contribution in [-0.4, -0.2) is 77.3 Å². The van der Waals surface area contributed by atoms with Gasteiger partial charge in [-0.25, -0.2) is 44.5 Å². The first kappa shape index (κ1) is 86.6. The fourth-order valence-electron chi connectivity index (χ4n) is 12.2. The predicted octanol–water partition coefficient (Wildman–Crippen LogP) is 18.9. The molecule has 0 saturated carbocycles. The Bertz CT molecular complexity index is 5490. The third-order valence-electron chi connectivity index (χ3n) is 18.0. The van der Waals surface area contributed by atoms with Crippen molar-refractivity contribution in [2.24, 2.45) is 0 Å². The summed E-state index contributed by atoms with van der Waals surface area (Å²) < 4.78 is 117. The summed E-state index contributed by atoms with van der Waals surface area (Å²) in [4.78, 5) is 68.7. The summed E-state index contributed by atoms with van der Waals surface area (Å²) in [5.41, 5.74) is 8.40. The van der Waals surface area contributed by atoms with Crippen molar-refractivity contribution in [1.29, 1.82) is 0 Å². The maximum absolute atomic E-state index is 13.8. The number of hydrogen-bond acceptors (Lipinski definition) is 8. The van der Waals surface area contributed by atoms with E-state index in [-0.39, 0.29) is 17.0 Å². The maximum atomic E-state index is 13.8. The highest BCUT2D eigenvalue weighted by molar-refractivity contribution is 6.34. The molecule has 592 valence electrons. The minimum absolute atomic E-state index is 0. The first-order valence-electron chi connectivity index (χ1n) is 35.7. The number of benzene rings is 10.